The van der Waals surface area contributed by atoms with Gasteiger partial charge in [-0.3, -0.25) is 19.2 Å². The number of aryl methyl sites for hydroxylation is 1. The van der Waals surface area contributed by atoms with Crippen LogP contribution in [0.15, 0.2) is 24.3 Å². The summed E-state index contributed by atoms with van der Waals surface area (Å²) in [6, 6.07) is 5.60. The summed E-state index contributed by atoms with van der Waals surface area (Å²) in [7, 11) is 0. The Morgan fingerprint density at radius 3 is 2.55 bits per heavy atom. The van der Waals surface area contributed by atoms with Crippen molar-refractivity contribution in [1.29, 1.82) is 0 Å². The van der Waals surface area contributed by atoms with Crippen LogP contribution in [0.4, 0.5) is 0 Å². The molecule has 3 amide bonds. The van der Waals surface area contributed by atoms with Crippen molar-refractivity contribution >= 4 is 34.4 Å². The van der Waals surface area contributed by atoms with Crippen LogP contribution < -0.4 is 16.0 Å². The topological polar surface area (TPSA) is 140 Å². The molecule has 2 heterocycles. The number of nitrogens with one attached hydrogen (secondary N) is 4. The number of carbonyl (C=O) groups excluding carboxylic acids is 4. The molecular weight excluding hydrogens is 424 g/mol. The van der Waals surface area contributed by atoms with Crippen molar-refractivity contribution in [2.45, 2.75) is 52.1 Å². The molecule has 1 aliphatic rings. The Balaban J connectivity index is 1.74. The number of aromatic amines is 1. The molecule has 1 aromatic heterocycles. The lowest BCUT2D eigenvalue weighted by molar-refractivity contribution is -0.131. The molecule has 0 bridgehead atoms. The third-order valence-electron chi connectivity index (χ3n) is 6.00. The van der Waals surface area contributed by atoms with Gasteiger partial charge in [-0.15, -0.1) is 0 Å². The van der Waals surface area contributed by atoms with Crippen molar-refractivity contribution in [2.75, 3.05) is 13.2 Å². The predicted octanol–water partition coefficient (Wildman–Crippen LogP) is 1.19. The summed E-state index contributed by atoms with van der Waals surface area (Å²) in [5.41, 5.74) is 2.19. The highest BCUT2D eigenvalue weighted by molar-refractivity contribution is 6.01. The maximum absolute atomic E-state index is 13.1. The molecule has 5 N–H and O–H groups in total. The molecular formula is C24H32N4O5. The first kappa shape index (κ1) is 24.4. The van der Waals surface area contributed by atoms with Gasteiger partial charge >= 0.3 is 0 Å². The number of aliphatic hydroxyl groups is 1. The van der Waals surface area contributed by atoms with Gasteiger partial charge in [-0.2, -0.15) is 0 Å². The van der Waals surface area contributed by atoms with Gasteiger partial charge in [0.25, 0.3) is 5.91 Å². The maximum atomic E-state index is 13.1. The van der Waals surface area contributed by atoms with Gasteiger partial charge in [0.2, 0.25) is 11.8 Å². The van der Waals surface area contributed by atoms with E-state index in [2.05, 4.69) is 20.9 Å². The monoisotopic (exact) mass is 456 g/mol. The minimum Gasteiger partial charge on any atom is -0.389 e. The van der Waals surface area contributed by atoms with Gasteiger partial charge in [0.05, 0.1) is 6.04 Å². The van der Waals surface area contributed by atoms with E-state index >= 15 is 0 Å². The lowest BCUT2D eigenvalue weighted by Gasteiger charge is -2.24. The van der Waals surface area contributed by atoms with Gasteiger partial charge in [0, 0.05) is 23.4 Å². The summed E-state index contributed by atoms with van der Waals surface area (Å²) in [6.07, 6.45) is 1.04. The highest BCUT2D eigenvalue weighted by Gasteiger charge is 2.33. The van der Waals surface area contributed by atoms with E-state index in [-0.39, 0.29) is 18.2 Å². The van der Waals surface area contributed by atoms with E-state index in [1.807, 2.05) is 39.0 Å². The second-order valence-electron chi connectivity index (χ2n) is 9.07. The third-order valence-corrected chi connectivity index (χ3v) is 6.00. The van der Waals surface area contributed by atoms with E-state index in [9.17, 15) is 24.3 Å². The molecule has 1 fully saturated rings. The quantitative estimate of drug-likeness (QED) is 0.365. The molecule has 2 aromatic rings. The van der Waals surface area contributed by atoms with Gasteiger partial charge in [-0.25, -0.2) is 0 Å². The fraction of sp³-hybridized carbons (Fsp3) is 0.500. The average molecular weight is 457 g/mol. The van der Waals surface area contributed by atoms with E-state index in [1.54, 1.807) is 6.07 Å². The van der Waals surface area contributed by atoms with Crippen LogP contribution >= 0.6 is 0 Å². The minimum absolute atomic E-state index is 0.0959. The number of ketones is 1. The number of benzene rings is 1. The number of fused-ring (bicyclic) bond motifs is 1. The van der Waals surface area contributed by atoms with E-state index in [4.69, 9.17) is 0 Å². The van der Waals surface area contributed by atoms with E-state index < -0.39 is 42.2 Å². The number of carbonyl (C=O) groups is 4. The summed E-state index contributed by atoms with van der Waals surface area (Å²) in [4.78, 5) is 53.3. The van der Waals surface area contributed by atoms with Crippen LogP contribution in [-0.4, -0.2) is 58.8 Å². The van der Waals surface area contributed by atoms with Crippen LogP contribution in [0.2, 0.25) is 0 Å². The smallest absolute Gasteiger partial charge is 0.268 e. The molecule has 3 rings (SSSR count). The number of rotatable bonds is 10. The Morgan fingerprint density at radius 2 is 1.94 bits per heavy atom. The Labute approximate surface area is 192 Å². The van der Waals surface area contributed by atoms with Gasteiger partial charge in [-0.05, 0) is 49.8 Å². The van der Waals surface area contributed by atoms with Crippen LogP contribution in [-0.2, 0) is 14.4 Å². The number of aromatic nitrogens is 1. The van der Waals surface area contributed by atoms with Crippen LogP contribution in [0, 0.1) is 18.8 Å². The molecule has 178 valence electrons. The molecule has 0 unspecified atom stereocenters. The zero-order valence-electron chi connectivity index (χ0n) is 19.2. The first-order chi connectivity index (χ1) is 15.7. The van der Waals surface area contributed by atoms with Crippen molar-refractivity contribution in [2.24, 2.45) is 11.8 Å². The molecule has 33 heavy (non-hydrogen) atoms. The van der Waals surface area contributed by atoms with Crippen molar-refractivity contribution in [3.8, 4) is 0 Å². The van der Waals surface area contributed by atoms with Gasteiger partial charge in [0.15, 0.2) is 5.78 Å². The maximum Gasteiger partial charge on any atom is 0.268 e. The molecule has 0 aliphatic carbocycles. The van der Waals surface area contributed by atoms with Crippen LogP contribution in [0.5, 0.6) is 0 Å². The molecule has 1 aromatic carbocycles. The lowest BCUT2D eigenvalue weighted by atomic mass is 9.95. The Bertz CT molecular complexity index is 1040. The predicted molar refractivity (Wildman–Crippen MR) is 124 cm³/mol. The molecule has 9 nitrogen and oxygen atoms in total. The number of hydrogen-bond donors (Lipinski definition) is 5. The Hall–Kier alpha value is -3.20. The summed E-state index contributed by atoms with van der Waals surface area (Å²) in [6.45, 7) is 5.59. The van der Waals surface area contributed by atoms with Gasteiger partial charge in [0.1, 0.15) is 18.3 Å². The number of aliphatic hydroxyl groups excluding tert-OH is 1. The summed E-state index contributed by atoms with van der Waals surface area (Å²) in [5, 5.41) is 18.4. The first-order valence-corrected chi connectivity index (χ1v) is 11.3. The summed E-state index contributed by atoms with van der Waals surface area (Å²) in [5.74, 6) is -1.98. The SMILES string of the molecule is Cc1cccc2[nH]c(C(=O)N[C@H](CC(C)C)C(=O)N[C@@H](C[C@@H]3CCNC3=O)C(=O)CO)cc12. The molecule has 0 radical (unpaired) electrons. The van der Waals surface area contributed by atoms with E-state index in [0.717, 1.165) is 16.5 Å². The van der Waals surface area contributed by atoms with Crippen molar-refractivity contribution in [3.05, 3.63) is 35.5 Å². The molecule has 9 heteroatoms. The lowest BCUT2D eigenvalue weighted by Crippen LogP contribution is -2.53. The number of H-pyrrole nitrogens is 1. The van der Waals surface area contributed by atoms with Crippen molar-refractivity contribution < 1.29 is 24.3 Å². The Morgan fingerprint density at radius 1 is 1.18 bits per heavy atom. The second-order valence-corrected chi connectivity index (χ2v) is 9.07. The van der Waals surface area contributed by atoms with E-state index in [0.29, 0.717) is 25.1 Å². The molecule has 1 saturated heterocycles. The Kier molecular flexibility index (Phi) is 7.86. The molecule has 0 saturated carbocycles. The zero-order chi connectivity index (χ0) is 24.1. The summed E-state index contributed by atoms with van der Waals surface area (Å²) < 4.78 is 0. The third kappa shape index (κ3) is 5.98. The van der Waals surface area contributed by atoms with Crippen LogP contribution in [0.25, 0.3) is 10.9 Å². The number of hydrogen-bond acceptors (Lipinski definition) is 5. The van der Waals surface area contributed by atoms with Crippen LogP contribution in [0.3, 0.4) is 0 Å². The average Bonchev–Trinajstić information content (AvgIpc) is 3.39. The zero-order valence-corrected chi connectivity index (χ0v) is 19.2. The molecule has 0 spiro atoms. The van der Waals surface area contributed by atoms with Gasteiger partial charge < -0.3 is 26.0 Å². The first-order valence-electron chi connectivity index (χ1n) is 11.3. The number of Topliss-reactive ketones (excluding diaryl/α,β-unsaturated/α-hetero) is 1. The van der Waals surface area contributed by atoms with Gasteiger partial charge in [-0.1, -0.05) is 26.0 Å². The van der Waals surface area contributed by atoms with E-state index in [1.165, 1.54) is 0 Å². The molecule has 1 aliphatic heterocycles. The fourth-order valence-electron chi connectivity index (χ4n) is 4.18. The second kappa shape index (κ2) is 10.6. The highest BCUT2D eigenvalue weighted by Crippen LogP contribution is 2.20. The highest BCUT2D eigenvalue weighted by atomic mass is 16.3. The van der Waals surface area contributed by atoms with Crippen LogP contribution in [0.1, 0.15) is 49.2 Å². The summed E-state index contributed by atoms with van der Waals surface area (Å²) >= 11 is 0. The van der Waals surface area contributed by atoms with Crippen molar-refractivity contribution in [1.82, 2.24) is 20.9 Å². The molecule has 3 atom stereocenters. The fourth-order valence-corrected chi connectivity index (χ4v) is 4.18. The largest absolute Gasteiger partial charge is 0.389 e. The normalized spacial score (nSPS) is 17.6. The van der Waals surface area contributed by atoms with Crippen molar-refractivity contribution in [3.63, 3.8) is 0 Å². The minimum atomic E-state index is -1.00. The standard InChI is InChI=1S/C24H32N4O5/c1-13(2)9-19(28-24(33)20-11-16-14(3)5-4-6-17(16)26-20)23(32)27-18(21(30)12-29)10-15-7-8-25-22(15)31/h4-6,11,13,15,18-19,26,29H,7-10,12H2,1-3H3,(H,25,31)(H,27,32)(H,28,33)/t15-,18-,19+/m0/s1. The number of amides is 3.